The van der Waals surface area contributed by atoms with E-state index in [2.05, 4.69) is 15.4 Å². The molecule has 1 heterocycles. The predicted molar refractivity (Wildman–Crippen MR) is 85.5 cm³/mol. The molecule has 0 unspecified atom stereocenters. The molecule has 1 amide bonds. The maximum atomic E-state index is 11.8. The summed E-state index contributed by atoms with van der Waals surface area (Å²) in [6.45, 7) is 0. The third-order valence-corrected chi connectivity index (χ3v) is 4.09. The molecule has 0 atom stereocenters. The van der Waals surface area contributed by atoms with Gasteiger partial charge in [0.1, 0.15) is 6.33 Å². The number of nitrogens with one attached hydrogen (secondary N) is 1. The van der Waals surface area contributed by atoms with Gasteiger partial charge in [-0.05, 0) is 24.6 Å². The van der Waals surface area contributed by atoms with E-state index in [4.69, 9.17) is 17.3 Å². The number of aryl methyl sites for hydroxylation is 1. The fourth-order valence-corrected chi connectivity index (χ4v) is 2.68. The Bertz CT molecular complexity index is 631. The van der Waals surface area contributed by atoms with Crippen molar-refractivity contribution in [3.63, 3.8) is 0 Å². The van der Waals surface area contributed by atoms with Gasteiger partial charge in [-0.3, -0.25) is 4.79 Å². The smallest absolute Gasteiger partial charge is 0.224 e. The number of thioether (sulfide) groups is 1. The summed E-state index contributed by atoms with van der Waals surface area (Å²) in [5.74, 6) is 0.735. The lowest BCUT2D eigenvalue weighted by Crippen LogP contribution is -2.12. The van der Waals surface area contributed by atoms with Gasteiger partial charge in [-0.2, -0.15) is 5.10 Å². The van der Waals surface area contributed by atoms with Crippen molar-refractivity contribution >= 4 is 40.6 Å². The molecule has 0 saturated heterocycles. The van der Waals surface area contributed by atoms with Gasteiger partial charge in [0.15, 0.2) is 5.16 Å². The van der Waals surface area contributed by atoms with Crippen molar-refractivity contribution in [3.05, 3.63) is 29.5 Å². The summed E-state index contributed by atoms with van der Waals surface area (Å²) < 4.78 is 1.71. The number of hydrogen-bond acceptors (Lipinski definition) is 5. The van der Waals surface area contributed by atoms with Crippen LogP contribution in [0.25, 0.3) is 0 Å². The van der Waals surface area contributed by atoms with Crippen molar-refractivity contribution in [1.29, 1.82) is 0 Å². The number of benzene rings is 1. The van der Waals surface area contributed by atoms with Crippen LogP contribution in [0, 0.1) is 0 Å². The summed E-state index contributed by atoms with van der Waals surface area (Å²) in [5, 5.41) is 8.15. The number of nitrogen functional groups attached to an aromatic ring is 1. The van der Waals surface area contributed by atoms with E-state index in [1.807, 2.05) is 7.05 Å². The first-order chi connectivity index (χ1) is 10.1. The highest BCUT2D eigenvalue weighted by Crippen LogP contribution is 2.23. The molecule has 0 bridgehead atoms. The highest BCUT2D eigenvalue weighted by molar-refractivity contribution is 7.99. The molecule has 21 heavy (non-hydrogen) atoms. The molecule has 0 aliphatic rings. The van der Waals surface area contributed by atoms with Crippen molar-refractivity contribution in [1.82, 2.24) is 14.8 Å². The molecule has 0 aliphatic carbocycles. The summed E-state index contributed by atoms with van der Waals surface area (Å²) in [6, 6.07) is 5.00. The van der Waals surface area contributed by atoms with Crippen LogP contribution in [0.5, 0.6) is 0 Å². The molecule has 1 aromatic heterocycles. The topological polar surface area (TPSA) is 85.8 Å². The van der Waals surface area contributed by atoms with E-state index in [1.165, 1.54) is 6.33 Å². The predicted octanol–water partition coefficient (Wildman–Crippen LogP) is 2.56. The Morgan fingerprint density at radius 3 is 3.00 bits per heavy atom. The molecule has 1 aromatic carbocycles. The van der Waals surface area contributed by atoms with Crippen LogP contribution < -0.4 is 11.1 Å². The number of carbonyl (C=O) groups excluding carboxylic acids is 1. The zero-order valence-corrected chi connectivity index (χ0v) is 13.1. The lowest BCUT2D eigenvalue weighted by atomic mass is 10.2. The van der Waals surface area contributed by atoms with Gasteiger partial charge < -0.3 is 11.1 Å². The van der Waals surface area contributed by atoms with E-state index < -0.39 is 0 Å². The van der Waals surface area contributed by atoms with E-state index in [9.17, 15) is 4.79 Å². The number of aromatic nitrogens is 3. The Hall–Kier alpha value is -1.73. The second-order valence-corrected chi connectivity index (χ2v) is 5.90. The van der Waals surface area contributed by atoms with Crippen molar-refractivity contribution < 1.29 is 4.79 Å². The van der Waals surface area contributed by atoms with Crippen molar-refractivity contribution in [3.8, 4) is 0 Å². The normalized spacial score (nSPS) is 10.6. The fourth-order valence-electron chi connectivity index (χ4n) is 1.67. The van der Waals surface area contributed by atoms with Crippen LogP contribution in [-0.4, -0.2) is 26.4 Å². The molecule has 2 rings (SSSR count). The van der Waals surface area contributed by atoms with E-state index in [-0.39, 0.29) is 5.91 Å². The van der Waals surface area contributed by atoms with Crippen molar-refractivity contribution in [2.45, 2.75) is 18.0 Å². The average Bonchev–Trinajstić information content (AvgIpc) is 2.84. The molecule has 0 aliphatic heterocycles. The summed E-state index contributed by atoms with van der Waals surface area (Å²) >= 11 is 7.38. The molecule has 0 saturated carbocycles. The van der Waals surface area contributed by atoms with Crippen LogP contribution in [0.15, 0.2) is 29.7 Å². The molecule has 0 radical (unpaired) electrons. The van der Waals surface area contributed by atoms with Crippen molar-refractivity contribution in [2.24, 2.45) is 7.05 Å². The lowest BCUT2D eigenvalue weighted by molar-refractivity contribution is -0.116. The van der Waals surface area contributed by atoms with Crippen LogP contribution >= 0.6 is 23.4 Å². The zero-order valence-electron chi connectivity index (χ0n) is 11.5. The highest BCUT2D eigenvalue weighted by Gasteiger charge is 2.07. The monoisotopic (exact) mass is 325 g/mol. The number of hydrogen-bond donors (Lipinski definition) is 2. The number of amides is 1. The van der Waals surface area contributed by atoms with E-state index in [0.717, 1.165) is 17.3 Å². The first-order valence-electron chi connectivity index (χ1n) is 6.38. The zero-order chi connectivity index (χ0) is 15.2. The molecule has 2 aromatic rings. The summed E-state index contributed by atoms with van der Waals surface area (Å²) in [5.41, 5.74) is 6.83. The summed E-state index contributed by atoms with van der Waals surface area (Å²) in [7, 11) is 1.84. The second-order valence-electron chi connectivity index (χ2n) is 4.40. The molecule has 0 spiro atoms. The molecule has 8 heteroatoms. The van der Waals surface area contributed by atoms with Crippen molar-refractivity contribution in [2.75, 3.05) is 16.8 Å². The third kappa shape index (κ3) is 4.64. The Balaban J connectivity index is 1.73. The number of rotatable bonds is 6. The Morgan fingerprint density at radius 1 is 1.52 bits per heavy atom. The number of nitrogens with two attached hydrogens (primary N) is 1. The van der Waals surface area contributed by atoms with Crippen LogP contribution in [0.1, 0.15) is 12.8 Å². The van der Waals surface area contributed by atoms with Crippen LogP contribution in [0.3, 0.4) is 0 Å². The van der Waals surface area contributed by atoms with Crippen LogP contribution in [0.2, 0.25) is 5.02 Å². The molecule has 112 valence electrons. The summed E-state index contributed by atoms with van der Waals surface area (Å²) in [6.07, 6.45) is 2.68. The average molecular weight is 326 g/mol. The Morgan fingerprint density at radius 2 is 2.33 bits per heavy atom. The number of nitrogens with zero attached hydrogens (tertiary/aromatic N) is 3. The minimum atomic E-state index is -0.0670. The quantitative estimate of drug-likeness (QED) is 0.484. The van der Waals surface area contributed by atoms with Gasteiger partial charge in [0.05, 0.1) is 11.4 Å². The van der Waals surface area contributed by atoms with Gasteiger partial charge in [0.2, 0.25) is 5.91 Å². The van der Waals surface area contributed by atoms with Gasteiger partial charge in [0, 0.05) is 24.2 Å². The fraction of sp³-hybridized carbons (Fsp3) is 0.308. The van der Waals surface area contributed by atoms with E-state index in [1.54, 1.807) is 34.6 Å². The van der Waals surface area contributed by atoms with Gasteiger partial charge in [-0.25, -0.2) is 9.67 Å². The maximum Gasteiger partial charge on any atom is 0.224 e. The van der Waals surface area contributed by atoms with Gasteiger partial charge >= 0.3 is 0 Å². The number of carbonyl (C=O) groups is 1. The van der Waals surface area contributed by atoms with E-state index >= 15 is 0 Å². The summed E-state index contributed by atoms with van der Waals surface area (Å²) in [4.78, 5) is 15.9. The minimum absolute atomic E-state index is 0.0670. The molecular weight excluding hydrogens is 310 g/mol. The molecule has 3 N–H and O–H groups in total. The minimum Gasteiger partial charge on any atom is -0.397 e. The standard InChI is InChI=1S/C13H16ClN5OS/c1-19-13(16-8-17-19)21-6-2-3-12(20)18-11-5-4-9(14)7-10(11)15/h4-5,7-8H,2-3,6,15H2,1H3,(H,18,20). The third-order valence-electron chi connectivity index (χ3n) is 2.74. The van der Waals surface area contributed by atoms with Gasteiger partial charge in [-0.1, -0.05) is 23.4 Å². The van der Waals surface area contributed by atoms with E-state index in [0.29, 0.717) is 22.8 Å². The van der Waals surface area contributed by atoms with Gasteiger partial charge in [-0.15, -0.1) is 0 Å². The highest BCUT2D eigenvalue weighted by atomic mass is 35.5. The van der Waals surface area contributed by atoms with Gasteiger partial charge in [0.25, 0.3) is 0 Å². The lowest BCUT2D eigenvalue weighted by Gasteiger charge is -2.08. The van der Waals surface area contributed by atoms with Crippen LogP contribution in [0.4, 0.5) is 11.4 Å². The second kappa shape index (κ2) is 7.33. The SMILES string of the molecule is Cn1ncnc1SCCCC(=O)Nc1ccc(Cl)cc1N. The maximum absolute atomic E-state index is 11.8. The number of anilines is 2. The molecule has 6 nitrogen and oxygen atoms in total. The number of halogens is 1. The van der Waals surface area contributed by atoms with Crippen LogP contribution in [-0.2, 0) is 11.8 Å². The molecule has 0 fully saturated rings. The Labute approximate surface area is 132 Å². The molecular formula is C13H16ClN5OS. The Kier molecular flexibility index (Phi) is 5.46. The first-order valence-corrected chi connectivity index (χ1v) is 7.74. The first kappa shape index (κ1) is 15.7. The largest absolute Gasteiger partial charge is 0.397 e.